The number of hydrogen-bond acceptors (Lipinski definition) is 4. The minimum atomic E-state index is -0.298. The average molecular weight is 359 g/mol. The molecule has 2 aliphatic rings. The van der Waals surface area contributed by atoms with Crippen LogP contribution < -0.4 is 5.32 Å². The lowest BCUT2D eigenvalue weighted by molar-refractivity contribution is 0.0579. The van der Waals surface area contributed by atoms with Crippen LogP contribution in [-0.2, 0) is 0 Å². The van der Waals surface area contributed by atoms with Crippen molar-refractivity contribution < 1.29 is 4.79 Å². The lowest BCUT2D eigenvalue weighted by Gasteiger charge is -2.40. The largest absolute Gasteiger partial charge is 0.359 e. The molecule has 1 N–H and O–H groups in total. The monoisotopic (exact) mass is 359 g/mol. The smallest absolute Gasteiger partial charge is 0.258 e. The Kier molecular flexibility index (Phi) is 3.89. The van der Waals surface area contributed by atoms with Gasteiger partial charge in [0.05, 0.1) is 17.4 Å². The van der Waals surface area contributed by atoms with Gasteiger partial charge in [-0.05, 0) is 37.1 Å². The number of anilines is 1. The number of amides is 1. The Morgan fingerprint density at radius 2 is 1.70 bits per heavy atom. The highest BCUT2D eigenvalue weighted by Gasteiger charge is 2.39. The fourth-order valence-corrected chi connectivity index (χ4v) is 4.13. The minimum Gasteiger partial charge on any atom is -0.359 e. The Labute approximate surface area is 157 Å². The van der Waals surface area contributed by atoms with Crippen LogP contribution in [0, 0.1) is 0 Å². The minimum absolute atomic E-state index is 0.0792. The van der Waals surface area contributed by atoms with Crippen molar-refractivity contribution in [2.45, 2.75) is 37.9 Å². The van der Waals surface area contributed by atoms with Crippen LogP contribution in [0.2, 0.25) is 0 Å². The highest BCUT2D eigenvalue weighted by molar-refractivity contribution is 6.01. The molecule has 27 heavy (non-hydrogen) atoms. The molecule has 2 aromatic carbocycles. The first-order valence-corrected chi connectivity index (χ1v) is 9.47. The number of benzene rings is 2. The number of nitrogens with one attached hydrogen (secondary N) is 1. The second-order valence-corrected chi connectivity index (χ2v) is 7.14. The van der Waals surface area contributed by atoms with Gasteiger partial charge < -0.3 is 10.2 Å². The molecule has 0 saturated heterocycles. The fraction of sp³-hybridized carbons (Fsp3) is 0.286. The van der Waals surface area contributed by atoms with Crippen LogP contribution in [0.5, 0.6) is 0 Å². The molecule has 1 atom stereocenters. The fourth-order valence-electron chi connectivity index (χ4n) is 4.13. The molecule has 0 bridgehead atoms. The maximum Gasteiger partial charge on any atom is 0.258 e. The van der Waals surface area contributed by atoms with E-state index >= 15 is 0 Å². The molecule has 136 valence electrons. The molecule has 3 aromatic rings. The van der Waals surface area contributed by atoms with Crippen LogP contribution >= 0.6 is 0 Å². The highest BCUT2D eigenvalue weighted by atomic mass is 16.2. The van der Waals surface area contributed by atoms with Crippen LogP contribution in [0.1, 0.15) is 47.9 Å². The van der Waals surface area contributed by atoms with Crippen molar-refractivity contribution in [1.29, 1.82) is 0 Å². The van der Waals surface area contributed by atoms with Crippen LogP contribution in [0.15, 0.2) is 60.8 Å². The molecule has 1 amide bonds. The highest BCUT2D eigenvalue weighted by Crippen LogP contribution is 2.37. The van der Waals surface area contributed by atoms with Crippen LogP contribution in [0.4, 0.5) is 5.69 Å². The number of carbonyl (C=O) groups is 1. The Bertz CT molecular complexity index is 961. The summed E-state index contributed by atoms with van der Waals surface area (Å²) in [5.41, 5.74) is 3.25. The topological polar surface area (TPSA) is 63.1 Å². The van der Waals surface area contributed by atoms with Crippen molar-refractivity contribution in [2.75, 3.05) is 5.32 Å². The molecule has 0 spiro atoms. The van der Waals surface area contributed by atoms with E-state index in [0.717, 1.165) is 35.5 Å². The van der Waals surface area contributed by atoms with E-state index in [9.17, 15) is 4.79 Å². The SMILES string of the molecule is O=C1c2ccccc2NC(c2cnn(-c3ccccc3)n2)N1C1CCCC1. The number of fused-ring (bicyclic) bond motifs is 1. The summed E-state index contributed by atoms with van der Waals surface area (Å²) >= 11 is 0. The molecule has 1 unspecified atom stereocenters. The summed E-state index contributed by atoms with van der Waals surface area (Å²) in [6.45, 7) is 0. The van der Waals surface area contributed by atoms with Gasteiger partial charge in [0.15, 0.2) is 0 Å². The van der Waals surface area contributed by atoms with Crippen molar-refractivity contribution >= 4 is 11.6 Å². The molecule has 0 radical (unpaired) electrons. The Hall–Kier alpha value is -3.15. The third-order valence-corrected chi connectivity index (χ3v) is 5.46. The van der Waals surface area contributed by atoms with E-state index in [4.69, 9.17) is 0 Å². The van der Waals surface area contributed by atoms with Gasteiger partial charge in [0.1, 0.15) is 11.9 Å². The normalized spacial score (nSPS) is 19.8. The molecular weight excluding hydrogens is 338 g/mol. The van der Waals surface area contributed by atoms with Crippen LogP contribution in [0.25, 0.3) is 5.69 Å². The second-order valence-electron chi connectivity index (χ2n) is 7.14. The summed E-state index contributed by atoms with van der Waals surface area (Å²) in [6, 6.07) is 17.8. The van der Waals surface area contributed by atoms with Gasteiger partial charge in [-0.2, -0.15) is 9.90 Å². The first-order chi connectivity index (χ1) is 13.3. The molecule has 1 saturated carbocycles. The predicted molar refractivity (Wildman–Crippen MR) is 103 cm³/mol. The maximum atomic E-state index is 13.3. The van der Waals surface area contributed by atoms with E-state index in [1.54, 1.807) is 11.0 Å². The number of carbonyl (C=O) groups excluding carboxylic acids is 1. The summed E-state index contributed by atoms with van der Waals surface area (Å²) in [4.78, 5) is 16.9. The number of nitrogens with zero attached hydrogens (tertiary/aromatic N) is 4. The first kappa shape index (κ1) is 16.1. The number of rotatable bonds is 3. The van der Waals surface area contributed by atoms with Crippen molar-refractivity contribution in [1.82, 2.24) is 19.9 Å². The summed E-state index contributed by atoms with van der Waals surface area (Å²) in [5, 5.41) is 12.6. The van der Waals surface area contributed by atoms with Crippen LogP contribution in [-0.4, -0.2) is 31.8 Å². The van der Waals surface area contributed by atoms with Gasteiger partial charge in [0.2, 0.25) is 0 Å². The summed E-state index contributed by atoms with van der Waals surface area (Å²) in [5.74, 6) is 0.0792. The molecular formula is C21H21N5O. The molecule has 1 fully saturated rings. The molecule has 5 rings (SSSR count). The summed E-state index contributed by atoms with van der Waals surface area (Å²) in [7, 11) is 0. The van der Waals surface area contributed by atoms with E-state index in [2.05, 4.69) is 15.5 Å². The molecule has 6 nitrogen and oxygen atoms in total. The maximum absolute atomic E-state index is 13.3. The van der Waals surface area contributed by atoms with Gasteiger partial charge in [0.25, 0.3) is 5.91 Å². The van der Waals surface area contributed by atoms with E-state index in [-0.39, 0.29) is 18.1 Å². The Balaban J connectivity index is 1.55. The molecule has 1 aliphatic carbocycles. The van der Waals surface area contributed by atoms with Gasteiger partial charge in [0, 0.05) is 11.7 Å². The number of para-hydroxylation sites is 2. The van der Waals surface area contributed by atoms with Crippen molar-refractivity contribution in [3.05, 3.63) is 72.1 Å². The van der Waals surface area contributed by atoms with Gasteiger partial charge in [-0.3, -0.25) is 4.79 Å². The van der Waals surface area contributed by atoms with E-state index in [1.165, 1.54) is 12.8 Å². The molecule has 6 heteroatoms. The first-order valence-electron chi connectivity index (χ1n) is 9.47. The number of hydrogen-bond donors (Lipinski definition) is 1. The Morgan fingerprint density at radius 1 is 0.963 bits per heavy atom. The van der Waals surface area contributed by atoms with E-state index < -0.39 is 0 Å². The number of aromatic nitrogens is 3. The second kappa shape index (κ2) is 6.54. The van der Waals surface area contributed by atoms with Crippen molar-refractivity contribution in [3.8, 4) is 5.69 Å². The van der Waals surface area contributed by atoms with Gasteiger partial charge in [-0.25, -0.2) is 0 Å². The molecule has 2 heterocycles. The zero-order chi connectivity index (χ0) is 18.2. The third-order valence-electron chi connectivity index (χ3n) is 5.46. The van der Waals surface area contributed by atoms with Crippen LogP contribution in [0.3, 0.4) is 0 Å². The summed E-state index contributed by atoms with van der Waals surface area (Å²) in [6.07, 6.45) is 5.87. The van der Waals surface area contributed by atoms with Gasteiger partial charge >= 0.3 is 0 Å². The Morgan fingerprint density at radius 3 is 2.52 bits per heavy atom. The predicted octanol–water partition coefficient (Wildman–Crippen LogP) is 3.78. The lowest BCUT2D eigenvalue weighted by atomic mass is 10.0. The average Bonchev–Trinajstić information content (AvgIpc) is 3.41. The zero-order valence-electron chi connectivity index (χ0n) is 15.0. The molecule has 1 aliphatic heterocycles. The summed E-state index contributed by atoms with van der Waals surface area (Å²) < 4.78 is 0. The van der Waals surface area contributed by atoms with Crippen molar-refractivity contribution in [2.24, 2.45) is 0 Å². The quantitative estimate of drug-likeness (QED) is 0.773. The molecule has 1 aromatic heterocycles. The van der Waals surface area contributed by atoms with E-state index in [1.807, 2.05) is 59.5 Å². The van der Waals surface area contributed by atoms with Gasteiger partial charge in [-0.1, -0.05) is 43.2 Å². The third kappa shape index (κ3) is 2.77. The zero-order valence-corrected chi connectivity index (χ0v) is 15.0. The van der Waals surface area contributed by atoms with Crippen molar-refractivity contribution in [3.63, 3.8) is 0 Å². The lowest BCUT2D eigenvalue weighted by Crippen LogP contribution is -2.48. The standard InChI is InChI=1S/C21H21N5O/c27-21-17-12-6-7-13-18(17)23-20(25(21)15-8-4-5-9-15)19-14-22-26(24-19)16-10-2-1-3-11-16/h1-3,6-7,10-15,20,23H,4-5,8-9H2. The van der Waals surface area contributed by atoms with E-state index in [0.29, 0.717) is 0 Å². The van der Waals surface area contributed by atoms with Gasteiger partial charge in [-0.15, -0.1) is 5.10 Å².